The number of para-hydroxylation sites is 1. The third-order valence-electron chi connectivity index (χ3n) is 3.75. The molecule has 0 saturated carbocycles. The molecule has 0 bridgehead atoms. The highest BCUT2D eigenvalue weighted by Gasteiger charge is 2.25. The predicted octanol–water partition coefficient (Wildman–Crippen LogP) is 4.02. The summed E-state index contributed by atoms with van der Waals surface area (Å²) in [6, 6.07) is 13.9. The van der Waals surface area contributed by atoms with Crippen molar-refractivity contribution in [3.05, 3.63) is 69.8 Å². The van der Waals surface area contributed by atoms with Crippen LogP contribution in [0.25, 0.3) is 16.9 Å². The number of nitrogens with two attached hydrogens (primary N) is 1. The molecule has 0 saturated heterocycles. The third-order valence-corrected chi connectivity index (χ3v) is 4.32. The van der Waals surface area contributed by atoms with Crippen LogP contribution in [0.4, 0.5) is 0 Å². The molecule has 3 rings (SSSR count). The lowest BCUT2D eigenvalue weighted by atomic mass is 10.0. The summed E-state index contributed by atoms with van der Waals surface area (Å²) in [4.78, 5) is 11.7. The Balaban J connectivity index is 2.36. The molecule has 3 aromatic rings. The molecule has 0 spiro atoms. The SMILES string of the molecule is N=C(N)Cc1c(C(=O)O)nn(-c2ccccc2Cl)c1-c1ccc(Cl)cc1. The maximum Gasteiger partial charge on any atom is 0.356 e. The van der Waals surface area contributed by atoms with Crippen molar-refractivity contribution in [2.24, 2.45) is 5.73 Å². The Kier molecular flexibility index (Phi) is 4.97. The van der Waals surface area contributed by atoms with Gasteiger partial charge in [0, 0.05) is 22.6 Å². The average molecular weight is 389 g/mol. The zero-order valence-corrected chi connectivity index (χ0v) is 14.9. The van der Waals surface area contributed by atoms with Gasteiger partial charge in [-0.2, -0.15) is 5.10 Å². The van der Waals surface area contributed by atoms with Crippen LogP contribution in [-0.4, -0.2) is 26.7 Å². The van der Waals surface area contributed by atoms with E-state index in [1.165, 1.54) is 4.68 Å². The van der Waals surface area contributed by atoms with E-state index in [0.29, 0.717) is 32.6 Å². The van der Waals surface area contributed by atoms with Crippen molar-refractivity contribution in [3.63, 3.8) is 0 Å². The second-order valence-electron chi connectivity index (χ2n) is 5.55. The molecule has 132 valence electrons. The van der Waals surface area contributed by atoms with Gasteiger partial charge in [-0.1, -0.05) is 47.5 Å². The van der Waals surface area contributed by atoms with Crippen LogP contribution in [0, 0.1) is 5.41 Å². The third kappa shape index (κ3) is 3.42. The first kappa shape index (κ1) is 18.0. The van der Waals surface area contributed by atoms with Gasteiger partial charge in [-0.15, -0.1) is 0 Å². The van der Waals surface area contributed by atoms with Crippen LogP contribution in [0.1, 0.15) is 16.1 Å². The molecule has 0 aliphatic rings. The molecule has 0 amide bonds. The Hall–Kier alpha value is -2.83. The van der Waals surface area contributed by atoms with E-state index < -0.39 is 5.97 Å². The topological polar surface area (TPSA) is 105 Å². The maximum atomic E-state index is 11.7. The summed E-state index contributed by atoms with van der Waals surface area (Å²) >= 11 is 12.3. The van der Waals surface area contributed by atoms with E-state index in [9.17, 15) is 9.90 Å². The molecule has 0 radical (unpaired) electrons. The number of benzene rings is 2. The summed E-state index contributed by atoms with van der Waals surface area (Å²) in [5.41, 5.74) is 7.43. The molecule has 0 fully saturated rings. The van der Waals surface area contributed by atoms with Gasteiger partial charge >= 0.3 is 5.97 Å². The van der Waals surface area contributed by atoms with E-state index in [-0.39, 0.29) is 18.0 Å². The Morgan fingerprint density at radius 3 is 2.38 bits per heavy atom. The van der Waals surface area contributed by atoms with Crippen LogP contribution in [-0.2, 0) is 6.42 Å². The second kappa shape index (κ2) is 7.19. The first-order valence-corrected chi connectivity index (χ1v) is 8.33. The molecule has 8 heteroatoms. The molecular weight excluding hydrogens is 375 g/mol. The number of amidine groups is 1. The highest BCUT2D eigenvalue weighted by molar-refractivity contribution is 6.32. The lowest BCUT2D eigenvalue weighted by Gasteiger charge is -2.11. The van der Waals surface area contributed by atoms with Gasteiger partial charge < -0.3 is 10.8 Å². The van der Waals surface area contributed by atoms with Crippen LogP contribution in [0.5, 0.6) is 0 Å². The summed E-state index contributed by atoms with van der Waals surface area (Å²) in [7, 11) is 0. The Bertz CT molecular complexity index is 997. The van der Waals surface area contributed by atoms with Gasteiger partial charge in [0.05, 0.1) is 22.2 Å². The molecule has 0 atom stereocenters. The van der Waals surface area contributed by atoms with Crippen LogP contribution < -0.4 is 5.73 Å². The Morgan fingerprint density at radius 2 is 1.81 bits per heavy atom. The minimum atomic E-state index is -1.21. The summed E-state index contributed by atoms with van der Waals surface area (Å²) in [6.07, 6.45) is -0.0515. The largest absolute Gasteiger partial charge is 0.476 e. The van der Waals surface area contributed by atoms with Crippen molar-refractivity contribution in [1.29, 1.82) is 5.41 Å². The van der Waals surface area contributed by atoms with E-state index in [0.717, 1.165) is 0 Å². The van der Waals surface area contributed by atoms with E-state index >= 15 is 0 Å². The standard InChI is InChI=1S/C18H14Cl2N4O2/c19-11-7-5-10(6-8-11)17-12(9-15(21)22)16(18(25)26)23-24(17)14-4-2-1-3-13(14)20/h1-8H,9H2,(H3,21,22)(H,25,26). The van der Waals surface area contributed by atoms with Crippen molar-refractivity contribution in [3.8, 4) is 16.9 Å². The van der Waals surface area contributed by atoms with Crippen molar-refractivity contribution in [2.75, 3.05) is 0 Å². The summed E-state index contributed by atoms with van der Waals surface area (Å²) in [6.45, 7) is 0. The summed E-state index contributed by atoms with van der Waals surface area (Å²) in [5.74, 6) is -1.37. The number of hydrogen-bond donors (Lipinski definition) is 3. The first-order valence-electron chi connectivity index (χ1n) is 7.57. The lowest BCUT2D eigenvalue weighted by Crippen LogP contribution is -2.15. The fraction of sp³-hybridized carbons (Fsp3) is 0.0556. The maximum absolute atomic E-state index is 11.7. The molecule has 6 nitrogen and oxygen atoms in total. The molecule has 1 heterocycles. The van der Waals surface area contributed by atoms with Gasteiger partial charge in [-0.25, -0.2) is 9.48 Å². The van der Waals surface area contributed by atoms with Crippen molar-refractivity contribution < 1.29 is 9.90 Å². The normalized spacial score (nSPS) is 10.7. The van der Waals surface area contributed by atoms with Gasteiger partial charge in [0.2, 0.25) is 0 Å². The molecule has 2 aromatic carbocycles. The van der Waals surface area contributed by atoms with E-state index in [1.54, 1.807) is 48.5 Å². The Labute approximate surface area is 159 Å². The number of aromatic carboxylic acids is 1. The van der Waals surface area contributed by atoms with Gasteiger partial charge in [0.25, 0.3) is 0 Å². The number of aromatic nitrogens is 2. The van der Waals surface area contributed by atoms with E-state index in [1.807, 2.05) is 0 Å². The fourth-order valence-electron chi connectivity index (χ4n) is 2.68. The van der Waals surface area contributed by atoms with Gasteiger partial charge in [-0.3, -0.25) is 5.41 Å². The highest BCUT2D eigenvalue weighted by Crippen LogP contribution is 2.32. The lowest BCUT2D eigenvalue weighted by molar-refractivity contribution is 0.0689. The number of carboxylic acid groups (broad SMARTS) is 1. The van der Waals surface area contributed by atoms with Crippen molar-refractivity contribution >= 4 is 35.0 Å². The van der Waals surface area contributed by atoms with Gasteiger partial charge in [0.15, 0.2) is 5.69 Å². The zero-order chi connectivity index (χ0) is 18.8. The minimum absolute atomic E-state index is 0.0515. The number of rotatable bonds is 5. The quantitative estimate of drug-likeness (QED) is 0.453. The molecule has 0 aliphatic heterocycles. The number of hydrogen-bond acceptors (Lipinski definition) is 3. The van der Waals surface area contributed by atoms with Crippen molar-refractivity contribution in [1.82, 2.24) is 9.78 Å². The van der Waals surface area contributed by atoms with Gasteiger partial charge in [-0.05, 0) is 24.3 Å². The predicted molar refractivity (Wildman–Crippen MR) is 102 cm³/mol. The average Bonchev–Trinajstić information content (AvgIpc) is 2.94. The number of halogens is 2. The molecule has 4 N–H and O–H groups in total. The second-order valence-corrected chi connectivity index (χ2v) is 6.40. The van der Waals surface area contributed by atoms with Crippen LogP contribution >= 0.6 is 23.2 Å². The van der Waals surface area contributed by atoms with Crippen LogP contribution in [0.3, 0.4) is 0 Å². The van der Waals surface area contributed by atoms with E-state index in [2.05, 4.69) is 5.10 Å². The fourth-order valence-corrected chi connectivity index (χ4v) is 3.02. The number of carboxylic acids is 1. The Morgan fingerprint density at radius 1 is 1.15 bits per heavy atom. The zero-order valence-electron chi connectivity index (χ0n) is 13.4. The monoisotopic (exact) mass is 388 g/mol. The number of nitrogens with one attached hydrogen (secondary N) is 1. The van der Waals surface area contributed by atoms with Gasteiger partial charge in [0.1, 0.15) is 0 Å². The van der Waals surface area contributed by atoms with E-state index in [4.69, 9.17) is 34.3 Å². The van der Waals surface area contributed by atoms with Crippen molar-refractivity contribution in [2.45, 2.75) is 6.42 Å². The number of nitrogens with zero attached hydrogens (tertiary/aromatic N) is 2. The van der Waals surface area contributed by atoms with Crippen LogP contribution in [0.2, 0.25) is 10.0 Å². The molecule has 0 unspecified atom stereocenters. The first-order chi connectivity index (χ1) is 12.4. The minimum Gasteiger partial charge on any atom is -0.476 e. The summed E-state index contributed by atoms with van der Waals surface area (Å²) < 4.78 is 1.47. The number of carbonyl (C=O) groups is 1. The summed E-state index contributed by atoms with van der Waals surface area (Å²) in [5, 5.41) is 22.4. The van der Waals surface area contributed by atoms with Crippen LogP contribution in [0.15, 0.2) is 48.5 Å². The molecular formula is C18H14Cl2N4O2. The molecule has 0 aliphatic carbocycles. The highest BCUT2D eigenvalue weighted by atomic mass is 35.5. The molecule has 26 heavy (non-hydrogen) atoms. The molecule has 1 aromatic heterocycles. The smallest absolute Gasteiger partial charge is 0.356 e.